The van der Waals surface area contributed by atoms with E-state index in [0.29, 0.717) is 5.58 Å². The fourth-order valence-electron chi connectivity index (χ4n) is 1.76. The molecule has 1 heterocycles. The second-order valence-electron chi connectivity index (χ2n) is 4.21. The van der Waals surface area contributed by atoms with Crippen LogP contribution in [0.4, 0.5) is 11.7 Å². The highest BCUT2D eigenvalue weighted by Gasteiger charge is 2.04. The molecule has 2 aromatic carbocycles. The summed E-state index contributed by atoms with van der Waals surface area (Å²) in [6.45, 7) is 0. The summed E-state index contributed by atoms with van der Waals surface area (Å²) in [5.74, 6) is 0. The van der Waals surface area contributed by atoms with Crippen LogP contribution in [0.25, 0.3) is 11.1 Å². The minimum Gasteiger partial charge on any atom is -0.422 e. The Kier molecular flexibility index (Phi) is 3.30. The average molecular weight is 282 g/mol. The van der Waals surface area contributed by atoms with Crippen molar-refractivity contribution in [1.29, 1.82) is 0 Å². The minimum atomic E-state index is -0.447. The number of fused-ring (bicyclic) bond motifs is 1. The van der Waals surface area contributed by atoms with E-state index in [9.17, 15) is 10.1 Å². The Morgan fingerprint density at radius 2 is 1.95 bits per heavy atom. The molecule has 0 spiro atoms. The molecule has 0 aliphatic rings. The van der Waals surface area contributed by atoms with Crippen molar-refractivity contribution < 1.29 is 9.34 Å². The molecule has 1 N–H and O–H groups in total. The Balaban J connectivity index is 1.70. The number of rotatable bonds is 4. The molecule has 104 valence electrons. The third-order valence-electron chi connectivity index (χ3n) is 2.77. The standard InChI is InChI=1S/C14H10N4O3/c19-18(20)11-7-5-10(6-8-11)9-15-17-14-16-12-3-1-2-4-13(12)21-14/h1-9H,(H,16,17). The van der Waals surface area contributed by atoms with Crippen LogP contribution in [0, 0.1) is 10.1 Å². The van der Waals surface area contributed by atoms with Crippen molar-refractivity contribution in [1.82, 2.24) is 4.98 Å². The number of para-hydroxylation sites is 2. The largest absolute Gasteiger partial charge is 0.422 e. The zero-order valence-corrected chi connectivity index (χ0v) is 10.8. The predicted octanol–water partition coefficient (Wildman–Crippen LogP) is 3.18. The number of hydrogen-bond acceptors (Lipinski definition) is 6. The van der Waals surface area contributed by atoms with Gasteiger partial charge >= 0.3 is 6.01 Å². The van der Waals surface area contributed by atoms with Gasteiger partial charge in [-0.3, -0.25) is 10.1 Å². The van der Waals surface area contributed by atoms with Crippen LogP contribution in [-0.4, -0.2) is 16.1 Å². The number of non-ortho nitro benzene ring substituents is 1. The van der Waals surface area contributed by atoms with E-state index in [-0.39, 0.29) is 11.7 Å². The van der Waals surface area contributed by atoms with E-state index in [4.69, 9.17) is 4.42 Å². The number of benzene rings is 2. The first kappa shape index (κ1) is 12.8. The normalized spacial score (nSPS) is 11.0. The van der Waals surface area contributed by atoms with E-state index in [2.05, 4.69) is 15.5 Å². The second kappa shape index (κ2) is 5.41. The van der Waals surface area contributed by atoms with Crippen LogP contribution < -0.4 is 5.43 Å². The van der Waals surface area contributed by atoms with Gasteiger partial charge in [0.1, 0.15) is 5.52 Å². The third-order valence-corrected chi connectivity index (χ3v) is 2.77. The Morgan fingerprint density at radius 1 is 1.19 bits per heavy atom. The molecule has 0 amide bonds. The number of nitro groups is 1. The van der Waals surface area contributed by atoms with E-state index in [1.54, 1.807) is 12.1 Å². The number of anilines is 1. The first-order valence-electron chi connectivity index (χ1n) is 6.11. The molecule has 3 aromatic rings. The van der Waals surface area contributed by atoms with Gasteiger partial charge in [0.15, 0.2) is 5.58 Å². The molecular formula is C14H10N4O3. The molecule has 0 fully saturated rings. The van der Waals surface area contributed by atoms with Gasteiger partial charge in [-0.05, 0) is 29.8 Å². The average Bonchev–Trinajstić information content (AvgIpc) is 2.90. The summed E-state index contributed by atoms with van der Waals surface area (Å²) < 4.78 is 5.43. The number of nitro benzene ring substituents is 1. The second-order valence-corrected chi connectivity index (χ2v) is 4.21. The van der Waals surface area contributed by atoms with Gasteiger partial charge in [0.25, 0.3) is 5.69 Å². The Labute approximate surface area is 119 Å². The number of oxazole rings is 1. The van der Waals surface area contributed by atoms with Crippen molar-refractivity contribution in [2.24, 2.45) is 5.10 Å². The van der Waals surface area contributed by atoms with Crippen molar-refractivity contribution in [3.8, 4) is 0 Å². The van der Waals surface area contributed by atoms with Gasteiger partial charge in [-0.15, -0.1) is 0 Å². The van der Waals surface area contributed by atoms with Crippen molar-refractivity contribution >= 4 is 29.0 Å². The number of nitrogens with one attached hydrogen (secondary N) is 1. The third kappa shape index (κ3) is 2.86. The van der Waals surface area contributed by atoms with E-state index < -0.39 is 4.92 Å². The summed E-state index contributed by atoms with van der Waals surface area (Å²) in [5.41, 5.74) is 4.86. The molecule has 0 bridgehead atoms. The Hall–Kier alpha value is -3.22. The molecular weight excluding hydrogens is 272 g/mol. The molecule has 0 atom stereocenters. The molecule has 0 saturated heterocycles. The fourth-order valence-corrected chi connectivity index (χ4v) is 1.76. The first-order chi connectivity index (χ1) is 10.2. The van der Waals surface area contributed by atoms with Crippen LogP contribution in [0.1, 0.15) is 5.56 Å². The summed E-state index contributed by atoms with van der Waals surface area (Å²) in [7, 11) is 0. The topological polar surface area (TPSA) is 93.6 Å². The number of hydrogen-bond donors (Lipinski definition) is 1. The maximum Gasteiger partial charge on any atom is 0.316 e. The van der Waals surface area contributed by atoms with Crippen LogP contribution in [-0.2, 0) is 0 Å². The molecule has 0 radical (unpaired) electrons. The van der Waals surface area contributed by atoms with Crippen LogP contribution in [0.3, 0.4) is 0 Å². The Morgan fingerprint density at radius 3 is 2.67 bits per heavy atom. The molecule has 0 unspecified atom stereocenters. The minimum absolute atomic E-state index is 0.0408. The summed E-state index contributed by atoms with van der Waals surface area (Å²) >= 11 is 0. The SMILES string of the molecule is O=[N+]([O-])c1ccc(C=NNc2nc3ccccc3o2)cc1. The van der Waals surface area contributed by atoms with Crippen LogP contribution in [0.15, 0.2) is 58.0 Å². The van der Waals surface area contributed by atoms with Crippen LogP contribution in [0.5, 0.6) is 0 Å². The predicted molar refractivity (Wildman–Crippen MR) is 78.3 cm³/mol. The molecule has 7 nitrogen and oxygen atoms in total. The van der Waals surface area contributed by atoms with Crippen molar-refractivity contribution in [2.45, 2.75) is 0 Å². The maximum absolute atomic E-state index is 10.5. The van der Waals surface area contributed by atoms with Gasteiger partial charge < -0.3 is 4.42 Å². The summed E-state index contributed by atoms with van der Waals surface area (Å²) in [4.78, 5) is 14.3. The molecule has 0 aliphatic heterocycles. The van der Waals surface area contributed by atoms with Gasteiger partial charge in [0.2, 0.25) is 0 Å². The van der Waals surface area contributed by atoms with Crippen molar-refractivity contribution in [3.05, 3.63) is 64.2 Å². The molecule has 0 saturated carbocycles. The quantitative estimate of drug-likeness (QED) is 0.450. The highest BCUT2D eigenvalue weighted by Crippen LogP contribution is 2.17. The van der Waals surface area contributed by atoms with Gasteiger partial charge in [-0.1, -0.05) is 12.1 Å². The Bertz CT molecular complexity index is 775. The summed E-state index contributed by atoms with van der Waals surface area (Å²) in [6, 6.07) is 13.7. The van der Waals surface area contributed by atoms with Gasteiger partial charge in [-0.25, -0.2) is 5.43 Å². The number of aromatic nitrogens is 1. The first-order valence-corrected chi connectivity index (χ1v) is 6.11. The smallest absolute Gasteiger partial charge is 0.316 e. The monoisotopic (exact) mass is 282 g/mol. The van der Waals surface area contributed by atoms with Crippen molar-refractivity contribution in [2.75, 3.05) is 5.43 Å². The van der Waals surface area contributed by atoms with Crippen molar-refractivity contribution in [3.63, 3.8) is 0 Å². The van der Waals surface area contributed by atoms with E-state index >= 15 is 0 Å². The number of hydrazone groups is 1. The lowest BCUT2D eigenvalue weighted by atomic mass is 10.2. The lowest BCUT2D eigenvalue weighted by Crippen LogP contribution is -1.91. The zero-order valence-electron chi connectivity index (χ0n) is 10.8. The van der Waals surface area contributed by atoms with E-state index in [1.165, 1.54) is 18.3 Å². The van der Waals surface area contributed by atoms with E-state index in [1.807, 2.05) is 24.3 Å². The molecule has 3 rings (SSSR count). The highest BCUT2D eigenvalue weighted by atomic mass is 16.6. The number of nitrogens with zero attached hydrogens (tertiary/aromatic N) is 3. The summed E-state index contributed by atoms with van der Waals surface area (Å²) in [5, 5.41) is 14.5. The van der Waals surface area contributed by atoms with Crippen LogP contribution in [0.2, 0.25) is 0 Å². The highest BCUT2D eigenvalue weighted by molar-refractivity contribution is 5.80. The van der Waals surface area contributed by atoms with Crippen LogP contribution >= 0.6 is 0 Å². The summed E-state index contributed by atoms with van der Waals surface area (Å²) in [6.07, 6.45) is 1.53. The lowest BCUT2D eigenvalue weighted by molar-refractivity contribution is -0.384. The molecule has 0 aliphatic carbocycles. The lowest BCUT2D eigenvalue weighted by Gasteiger charge is -1.94. The van der Waals surface area contributed by atoms with Gasteiger partial charge in [-0.2, -0.15) is 10.1 Å². The fraction of sp³-hybridized carbons (Fsp3) is 0. The molecule has 1 aromatic heterocycles. The van der Waals surface area contributed by atoms with E-state index in [0.717, 1.165) is 11.1 Å². The van der Waals surface area contributed by atoms with Gasteiger partial charge in [0, 0.05) is 12.1 Å². The zero-order chi connectivity index (χ0) is 14.7. The van der Waals surface area contributed by atoms with Gasteiger partial charge in [0.05, 0.1) is 11.1 Å². The molecule has 7 heteroatoms. The molecule has 21 heavy (non-hydrogen) atoms. The maximum atomic E-state index is 10.5.